The van der Waals surface area contributed by atoms with E-state index in [0.717, 1.165) is 18.1 Å². The van der Waals surface area contributed by atoms with Crippen LogP contribution in [0.5, 0.6) is 0 Å². The zero-order valence-electron chi connectivity index (χ0n) is 11.8. The Kier molecular flexibility index (Phi) is 5.72. The van der Waals surface area contributed by atoms with Crippen LogP contribution >= 0.6 is 0 Å². The lowest BCUT2D eigenvalue weighted by molar-refractivity contribution is 0.389. The Morgan fingerprint density at radius 3 is 2.53 bits per heavy atom. The third kappa shape index (κ3) is 4.92. The Morgan fingerprint density at radius 1 is 1.29 bits per heavy atom. The molecule has 3 heteroatoms. The molecule has 0 aliphatic heterocycles. The molecule has 0 saturated carbocycles. The van der Waals surface area contributed by atoms with Crippen LogP contribution in [0.25, 0.3) is 0 Å². The number of unbranched alkanes of at least 4 members (excludes halogenated alkanes) is 1. The van der Waals surface area contributed by atoms with Crippen LogP contribution in [0.15, 0.2) is 10.5 Å². The van der Waals surface area contributed by atoms with Crippen LogP contribution in [0.4, 0.5) is 0 Å². The van der Waals surface area contributed by atoms with Gasteiger partial charge in [-0.1, -0.05) is 0 Å². The molecular weight excluding hydrogens is 212 g/mol. The monoisotopic (exact) mass is 238 g/mol. The van der Waals surface area contributed by atoms with Gasteiger partial charge in [-0.15, -0.1) is 0 Å². The Bertz CT molecular complexity index is 331. The van der Waals surface area contributed by atoms with Gasteiger partial charge in [-0.2, -0.15) is 0 Å². The average molecular weight is 238 g/mol. The van der Waals surface area contributed by atoms with Crippen molar-refractivity contribution in [2.45, 2.75) is 39.7 Å². The Balaban J connectivity index is 2.25. The summed E-state index contributed by atoms with van der Waals surface area (Å²) in [6.07, 6.45) is 2.47. The summed E-state index contributed by atoms with van der Waals surface area (Å²) >= 11 is 0. The van der Waals surface area contributed by atoms with Gasteiger partial charge in [0.2, 0.25) is 0 Å². The lowest BCUT2D eigenvalue weighted by atomic mass is 10.1. The molecule has 17 heavy (non-hydrogen) atoms. The van der Waals surface area contributed by atoms with E-state index in [-0.39, 0.29) is 0 Å². The van der Waals surface area contributed by atoms with E-state index < -0.39 is 0 Å². The van der Waals surface area contributed by atoms with Gasteiger partial charge < -0.3 is 14.6 Å². The van der Waals surface area contributed by atoms with E-state index in [2.05, 4.69) is 37.3 Å². The summed E-state index contributed by atoms with van der Waals surface area (Å²) in [5.41, 5.74) is 1.29. The summed E-state index contributed by atoms with van der Waals surface area (Å²) < 4.78 is 5.55. The number of aryl methyl sites for hydroxylation is 2. The highest BCUT2D eigenvalue weighted by Crippen LogP contribution is 2.20. The zero-order chi connectivity index (χ0) is 12.8. The van der Waals surface area contributed by atoms with Gasteiger partial charge in [-0.05, 0) is 66.9 Å². The summed E-state index contributed by atoms with van der Waals surface area (Å²) in [4.78, 5) is 2.23. The van der Waals surface area contributed by atoms with Gasteiger partial charge in [0, 0.05) is 11.6 Å². The highest BCUT2D eigenvalue weighted by atomic mass is 16.3. The van der Waals surface area contributed by atoms with Gasteiger partial charge in [-0.3, -0.25) is 0 Å². The maximum Gasteiger partial charge on any atom is 0.105 e. The molecule has 1 atom stereocenters. The predicted octanol–water partition coefficient (Wildman–Crippen LogP) is 2.89. The molecule has 0 amide bonds. The molecule has 1 heterocycles. The Hall–Kier alpha value is -0.800. The summed E-state index contributed by atoms with van der Waals surface area (Å²) in [7, 11) is 4.24. The topological polar surface area (TPSA) is 28.4 Å². The maximum absolute atomic E-state index is 5.55. The summed E-state index contributed by atoms with van der Waals surface area (Å²) in [5.74, 6) is 2.04. The van der Waals surface area contributed by atoms with Crippen LogP contribution in [0, 0.1) is 13.8 Å². The molecule has 0 saturated heterocycles. The molecule has 1 rings (SSSR count). The van der Waals surface area contributed by atoms with E-state index in [4.69, 9.17) is 4.42 Å². The Morgan fingerprint density at radius 2 is 2.00 bits per heavy atom. The molecule has 1 aromatic rings. The van der Waals surface area contributed by atoms with E-state index in [0.29, 0.717) is 6.04 Å². The van der Waals surface area contributed by atoms with Gasteiger partial charge in [0.1, 0.15) is 11.5 Å². The third-order valence-corrected chi connectivity index (χ3v) is 3.03. The average Bonchev–Trinajstić information content (AvgIpc) is 2.56. The van der Waals surface area contributed by atoms with Crippen molar-refractivity contribution in [1.82, 2.24) is 10.2 Å². The minimum Gasteiger partial charge on any atom is -0.466 e. The molecule has 98 valence electrons. The van der Waals surface area contributed by atoms with Gasteiger partial charge >= 0.3 is 0 Å². The maximum atomic E-state index is 5.55. The fourth-order valence-corrected chi connectivity index (χ4v) is 2.06. The predicted molar refractivity (Wildman–Crippen MR) is 72.4 cm³/mol. The van der Waals surface area contributed by atoms with E-state index in [1.807, 2.05) is 13.8 Å². The molecule has 1 unspecified atom stereocenters. The molecule has 3 nitrogen and oxygen atoms in total. The second-order valence-electron chi connectivity index (χ2n) is 5.05. The molecule has 0 spiro atoms. The van der Waals surface area contributed by atoms with E-state index in [1.165, 1.54) is 24.9 Å². The first-order valence-corrected chi connectivity index (χ1v) is 6.45. The molecule has 0 aliphatic rings. The van der Waals surface area contributed by atoms with Crippen molar-refractivity contribution >= 4 is 0 Å². The molecule has 0 bridgehead atoms. The second-order valence-corrected chi connectivity index (χ2v) is 5.05. The summed E-state index contributed by atoms with van der Waals surface area (Å²) in [6, 6.07) is 2.51. The first-order chi connectivity index (χ1) is 8.00. The van der Waals surface area contributed by atoms with E-state index in [1.54, 1.807) is 0 Å². The van der Waals surface area contributed by atoms with Crippen molar-refractivity contribution in [3.8, 4) is 0 Å². The fourth-order valence-electron chi connectivity index (χ4n) is 2.06. The second kappa shape index (κ2) is 6.82. The lowest BCUT2D eigenvalue weighted by Crippen LogP contribution is -2.21. The Labute approximate surface area is 105 Å². The lowest BCUT2D eigenvalue weighted by Gasteiger charge is -2.14. The molecule has 0 fully saturated rings. The molecule has 0 aliphatic carbocycles. The van der Waals surface area contributed by atoms with Crippen LogP contribution in [-0.4, -0.2) is 32.1 Å². The fraction of sp³-hybridized carbons (Fsp3) is 0.714. The van der Waals surface area contributed by atoms with E-state index in [9.17, 15) is 0 Å². The van der Waals surface area contributed by atoms with Crippen molar-refractivity contribution in [1.29, 1.82) is 0 Å². The number of furan rings is 1. The minimum atomic E-state index is 0.381. The number of hydrogen-bond acceptors (Lipinski definition) is 3. The number of hydrogen-bond donors (Lipinski definition) is 1. The molecule has 1 N–H and O–H groups in total. The van der Waals surface area contributed by atoms with Crippen molar-refractivity contribution in [2.24, 2.45) is 0 Å². The molecule has 0 aromatic carbocycles. The minimum absolute atomic E-state index is 0.381. The third-order valence-electron chi connectivity index (χ3n) is 3.03. The van der Waals surface area contributed by atoms with Crippen molar-refractivity contribution in [2.75, 3.05) is 27.2 Å². The van der Waals surface area contributed by atoms with Crippen LogP contribution in [-0.2, 0) is 0 Å². The van der Waals surface area contributed by atoms with Gasteiger partial charge in [0.25, 0.3) is 0 Å². The molecular formula is C14H26N2O. The number of nitrogens with zero attached hydrogens (tertiary/aromatic N) is 1. The van der Waals surface area contributed by atoms with Crippen molar-refractivity contribution in [3.63, 3.8) is 0 Å². The molecule has 1 aromatic heterocycles. The number of nitrogens with one attached hydrogen (secondary N) is 1. The van der Waals surface area contributed by atoms with Crippen LogP contribution < -0.4 is 5.32 Å². The SMILES string of the molecule is Cc1cc(C(C)NCCCCN(C)C)c(C)o1. The first-order valence-electron chi connectivity index (χ1n) is 6.45. The summed E-state index contributed by atoms with van der Waals surface area (Å²) in [6.45, 7) is 8.47. The summed E-state index contributed by atoms with van der Waals surface area (Å²) in [5, 5.41) is 3.55. The van der Waals surface area contributed by atoms with Gasteiger partial charge in [-0.25, -0.2) is 0 Å². The first kappa shape index (κ1) is 14.3. The number of rotatable bonds is 7. The standard InChI is InChI=1S/C14H26N2O/c1-11-10-14(13(3)17-11)12(2)15-8-6-7-9-16(4)5/h10,12,15H,6-9H2,1-5H3. The normalized spacial score (nSPS) is 13.3. The highest BCUT2D eigenvalue weighted by molar-refractivity contribution is 5.23. The molecule has 0 radical (unpaired) electrons. The van der Waals surface area contributed by atoms with Crippen molar-refractivity contribution < 1.29 is 4.42 Å². The highest BCUT2D eigenvalue weighted by Gasteiger charge is 2.11. The quantitative estimate of drug-likeness (QED) is 0.740. The van der Waals surface area contributed by atoms with Crippen molar-refractivity contribution in [3.05, 3.63) is 23.2 Å². The smallest absolute Gasteiger partial charge is 0.105 e. The van der Waals surface area contributed by atoms with Crippen LogP contribution in [0.1, 0.15) is 42.9 Å². The zero-order valence-corrected chi connectivity index (χ0v) is 11.8. The van der Waals surface area contributed by atoms with Crippen LogP contribution in [0.2, 0.25) is 0 Å². The van der Waals surface area contributed by atoms with Gasteiger partial charge in [0.05, 0.1) is 0 Å². The van der Waals surface area contributed by atoms with Crippen LogP contribution in [0.3, 0.4) is 0 Å². The van der Waals surface area contributed by atoms with E-state index >= 15 is 0 Å². The largest absolute Gasteiger partial charge is 0.466 e. The van der Waals surface area contributed by atoms with Gasteiger partial charge in [0.15, 0.2) is 0 Å².